The molecule has 0 heterocycles. The topological polar surface area (TPSA) is 130 Å². The van der Waals surface area contributed by atoms with Gasteiger partial charge in [0, 0.05) is 24.2 Å². The molecule has 0 unspecified atom stereocenters. The zero-order valence-corrected chi connectivity index (χ0v) is 40.4. The highest BCUT2D eigenvalue weighted by Gasteiger charge is 2.48. The fourth-order valence-corrected chi connectivity index (χ4v) is 37.6. The van der Waals surface area contributed by atoms with Gasteiger partial charge in [-0.25, -0.2) is 9.59 Å². The van der Waals surface area contributed by atoms with E-state index in [1.54, 1.807) is 0 Å². The van der Waals surface area contributed by atoms with Crippen LogP contribution in [0.1, 0.15) is 25.7 Å². The molecule has 0 bridgehead atoms. The van der Waals surface area contributed by atoms with E-state index in [1.807, 2.05) is 13.1 Å². The summed E-state index contributed by atoms with van der Waals surface area (Å²) < 4.78 is 39.6. The highest BCUT2D eigenvalue weighted by atomic mass is 28.5. The first kappa shape index (κ1) is 46.2. The van der Waals surface area contributed by atoms with Crippen LogP contribution in [0.3, 0.4) is 0 Å². The van der Waals surface area contributed by atoms with Crippen molar-refractivity contribution in [2.75, 3.05) is 0 Å². The summed E-state index contributed by atoms with van der Waals surface area (Å²) in [4.78, 5) is 24.7. The van der Waals surface area contributed by atoms with Crippen LogP contribution in [0.15, 0.2) is 11.1 Å². The third kappa shape index (κ3) is 21.3. The van der Waals surface area contributed by atoms with E-state index in [1.165, 1.54) is 0 Å². The molecule has 0 aromatic carbocycles. The maximum Gasteiger partial charge on any atom is 0.466 e. The Hall–Kier alpha value is 0.175. The smallest absolute Gasteiger partial charge is 0.466 e. The van der Waals surface area contributed by atoms with E-state index in [0.29, 0.717) is 24.9 Å². The second kappa shape index (κ2) is 16.9. The molecule has 0 spiro atoms. The minimum absolute atomic E-state index is 0.0299. The van der Waals surface area contributed by atoms with Gasteiger partial charge >= 0.3 is 29.5 Å². The highest BCUT2D eigenvalue weighted by molar-refractivity contribution is 6.90. The van der Waals surface area contributed by atoms with Gasteiger partial charge in [-0.15, -0.1) is 0 Å². The standard InChI is InChI=1S/C28H68O10Si8/c1-39(2,3)33-45(17,34-40(4,5)6)37-43(13,14)23-19-21-25(27(29)30)26(28(31)32)22-20-24-44(15,16)38-46(18,35-41(7,8)9)36-42(10,11)12/h19-24H2,1-18H3,(H,29,30)(H,31,32). The third-order valence-corrected chi connectivity index (χ3v) is 32.4. The molecule has 0 aliphatic carbocycles. The molecule has 2 N–H and O–H groups in total. The molecule has 10 nitrogen and oxygen atoms in total. The second-order valence-corrected chi connectivity index (χ2v) is 50.9. The summed E-state index contributed by atoms with van der Waals surface area (Å²) in [5.41, 5.74) is -0.0597. The van der Waals surface area contributed by atoms with Gasteiger partial charge in [-0.1, -0.05) is 0 Å². The summed E-state index contributed by atoms with van der Waals surface area (Å²) in [5.74, 6) is -2.36. The molecule has 0 fully saturated rings. The molecule has 0 rings (SSSR count). The Morgan fingerprint density at radius 2 is 0.630 bits per heavy atom. The number of rotatable bonds is 22. The largest absolute Gasteiger partial charge is 0.478 e. The first-order chi connectivity index (χ1) is 20.1. The van der Waals surface area contributed by atoms with E-state index in [4.69, 9.17) is 24.7 Å². The number of carbonyl (C=O) groups is 2. The predicted molar refractivity (Wildman–Crippen MR) is 208 cm³/mol. The van der Waals surface area contributed by atoms with Crippen LogP contribution in [0.2, 0.25) is 130 Å². The van der Waals surface area contributed by atoms with Crippen molar-refractivity contribution in [2.45, 2.75) is 156 Å². The van der Waals surface area contributed by atoms with Crippen molar-refractivity contribution in [3.8, 4) is 0 Å². The Morgan fingerprint density at radius 1 is 0.413 bits per heavy atom. The van der Waals surface area contributed by atoms with Crippen LogP contribution in [0.25, 0.3) is 0 Å². The second-order valence-electron chi connectivity index (χ2n) is 17.6. The number of carboxylic acid groups (broad SMARTS) is 2. The molecule has 0 atom stereocenters. The molecule has 18 heteroatoms. The van der Waals surface area contributed by atoms with E-state index < -0.39 is 79.5 Å². The van der Waals surface area contributed by atoms with Gasteiger partial charge in [0.1, 0.15) is 0 Å². The summed E-state index contributed by atoms with van der Waals surface area (Å²) in [6, 6.07) is 1.32. The van der Waals surface area contributed by atoms with Crippen LogP contribution < -0.4 is 0 Å². The van der Waals surface area contributed by atoms with Gasteiger partial charge in [0.2, 0.25) is 0 Å². The molecule has 0 saturated carbocycles. The Morgan fingerprint density at radius 3 is 0.804 bits per heavy atom. The lowest BCUT2D eigenvalue weighted by molar-refractivity contribution is -0.136. The van der Waals surface area contributed by atoms with Crippen molar-refractivity contribution in [1.29, 1.82) is 0 Å². The Kier molecular flexibility index (Phi) is 17.0. The number of hydrogen-bond acceptors (Lipinski definition) is 8. The highest BCUT2D eigenvalue weighted by Crippen LogP contribution is 2.31. The van der Waals surface area contributed by atoms with Crippen molar-refractivity contribution in [3.63, 3.8) is 0 Å². The third-order valence-electron chi connectivity index (χ3n) is 6.18. The number of hydrogen-bond donors (Lipinski definition) is 2. The van der Waals surface area contributed by atoms with Crippen molar-refractivity contribution < 1.29 is 44.5 Å². The van der Waals surface area contributed by atoms with E-state index >= 15 is 0 Å². The first-order valence-corrected chi connectivity index (χ1v) is 40.8. The molecule has 46 heavy (non-hydrogen) atoms. The molecule has 0 saturated heterocycles. The van der Waals surface area contributed by atoms with Crippen molar-refractivity contribution in [1.82, 2.24) is 0 Å². The van der Waals surface area contributed by atoms with Crippen LogP contribution in [-0.4, -0.2) is 89.7 Å². The van der Waals surface area contributed by atoms with E-state index in [2.05, 4.69) is 105 Å². The maximum absolute atomic E-state index is 12.4. The fraction of sp³-hybridized carbons (Fsp3) is 0.857. The molecule has 0 aromatic heterocycles. The molecule has 272 valence electrons. The van der Waals surface area contributed by atoms with Gasteiger partial charge < -0.3 is 34.9 Å². The Labute approximate surface area is 289 Å². The molecule has 0 aliphatic heterocycles. The zero-order valence-electron chi connectivity index (χ0n) is 32.4. The van der Waals surface area contributed by atoms with Crippen LogP contribution in [-0.2, 0) is 34.3 Å². The van der Waals surface area contributed by atoms with Crippen molar-refractivity contribution >= 4 is 79.5 Å². The van der Waals surface area contributed by atoms with E-state index in [-0.39, 0.29) is 24.0 Å². The van der Waals surface area contributed by atoms with Crippen LogP contribution in [0.4, 0.5) is 0 Å². The van der Waals surface area contributed by atoms with Gasteiger partial charge in [-0.2, -0.15) is 0 Å². The average Bonchev–Trinajstić information content (AvgIpc) is 2.66. The van der Waals surface area contributed by atoms with Gasteiger partial charge in [-0.3, -0.25) is 0 Å². The zero-order chi connectivity index (χ0) is 36.8. The van der Waals surface area contributed by atoms with Gasteiger partial charge in [-0.05, 0) is 143 Å². The van der Waals surface area contributed by atoms with Crippen LogP contribution >= 0.6 is 0 Å². The van der Waals surface area contributed by atoms with Gasteiger partial charge in [0.05, 0.1) is 0 Å². The van der Waals surface area contributed by atoms with Crippen molar-refractivity contribution in [2.24, 2.45) is 0 Å². The predicted octanol–water partition coefficient (Wildman–Crippen LogP) is 9.00. The SMILES string of the molecule is C[Si](C)(C)O[Si](C)(O[Si](C)(C)C)O[Si](C)(C)CCCC(C(=O)O)=C(CCC[Si](C)(C)O[Si](C)(O[Si](C)(C)C)O[Si](C)(C)C)C(=O)O. The average molecular weight is 790 g/mol. The number of aliphatic carboxylic acids is 2. The Balaban J connectivity index is 5.80. The lowest BCUT2D eigenvalue weighted by atomic mass is 10.00. The fourth-order valence-electron chi connectivity index (χ4n) is 5.61. The normalized spacial score (nSPS) is 15.2. The lowest BCUT2D eigenvalue weighted by Crippen LogP contribution is -2.59. The molecular formula is C28H68O10Si8. The van der Waals surface area contributed by atoms with Gasteiger partial charge in [0.15, 0.2) is 49.9 Å². The van der Waals surface area contributed by atoms with Gasteiger partial charge in [0.25, 0.3) is 0 Å². The lowest BCUT2D eigenvalue weighted by Gasteiger charge is -2.41. The van der Waals surface area contributed by atoms with Crippen LogP contribution in [0.5, 0.6) is 0 Å². The molecular weight excluding hydrogens is 721 g/mol. The summed E-state index contributed by atoms with van der Waals surface area (Å²) in [6.07, 6.45) is 1.35. The number of carboxylic acids is 2. The first-order valence-electron chi connectivity index (χ1n) is 16.5. The van der Waals surface area contributed by atoms with Crippen LogP contribution in [0, 0.1) is 0 Å². The maximum atomic E-state index is 12.4. The molecule has 0 radical (unpaired) electrons. The summed E-state index contributed by atoms with van der Waals surface area (Å²) in [6.45, 7) is 37.9. The molecule has 0 aliphatic rings. The minimum atomic E-state index is -2.93. The summed E-state index contributed by atoms with van der Waals surface area (Å²) >= 11 is 0. The van der Waals surface area contributed by atoms with E-state index in [9.17, 15) is 19.8 Å². The summed E-state index contributed by atoms with van der Waals surface area (Å²) in [7, 11) is -18.4. The quantitative estimate of drug-likeness (QED) is 0.0810. The molecule has 0 aromatic rings. The monoisotopic (exact) mass is 788 g/mol. The Bertz CT molecular complexity index is 940. The van der Waals surface area contributed by atoms with Crippen molar-refractivity contribution in [3.05, 3.63) is 11.1 Å². The molecule has 0 amide bonds. The minimum Gasteiger partial charge on any atom is -0.478 e. The summed E-state index contributed by atoms with van der Waals surface area (Å²) in [5, 5.41) is 20.2. The van der Waals surface area contributed by atoms with E-state index in [0.717, 1.165) is 0 Å².